The minimum Gasteiger partial charge on any atom is -0.507 e. The summed E-state index contributed by atoms with van der Waals surface area (Å²) in [7, 11) is 1.44. The van der Waals surface area contributed by atoms with Gasteiger partial charge in [0.25, 0.3) is 11.7 Å². The number of hydrogen-bond donors (Lipinski definition) is 1. The van der Waals surface area contributed by atoms with E-state index in [1.165, 1.54) is 18.1 Å². The van der Waals surface area contributed by atoms with Gasteiger partial charge in [0.15, 0.2) is 0 Å². The third-order valence-electron chi connectivity index (χ3n) is 5.03. The molecule has 1 N–H and O–H groups in total. The average molecular weight is 436 g/mol. The number of Topliss-reactive ketones (excluding diaryl/α,β-unsaturated/α-hetero) is 1. The number of rotatable bonds is 5. The van der Waals surface area contributed by atoms with Crippen LogP contribution in [0.25, 0.3) is 5.76 Å². The molecule has 0 unspecified atom stereocenters. The molecule has 156 valence electrons. The fourth-order valence-electron chi connectivity index (χ4n) is 3.63. The Morgan fingerprint density at radius 1 is 1.13 bits per heavy atom. The number of benzene rings is 1. The maximum absolute atomic E-state index is 13.1. The number of ether oxygens (including phenoxy) is 1. The summed E-state index contributed by atoms with van der Waals surface area (Å²) in [5.41, 5.74) is 1.51. The van der Waals surface area contributed by atoms with E-state index in [0.717, 1.165) is 5.56 Å². The molecule has 0 saturated carbocycles. The topological polar surface area (TPSA) is 92.6 Å². The Kier molecular flexibility index (Phi) is 5.68. The van der Waals surface area contributed by atoms with Crippen molar-refractivity contribution in [2.45, 2.75) is 12.6 Å². The van der Waals surface area contributed by atoms with Crippen molar-refractivity contribution in [3.05, 3.63) is 94.5 Å². The minimum absolute atomic E-state index is 0.0533. The first-order valence-electron chi connectivity index (χ1n) is 9.42. The lowest BCUT2D eigenvalue weighted by Crippen LogP contribution is -2.29. The fraction of sp³-hybridized carbons (Fsp3) is 0.130. The summed E-state index contributed by atoms with van der Waals surface area (Å²) in [5.74, 6) is -1.55. The molecule has 1 fully saturated rings. The number of aromatic nitrogens is 2. The van der Waals surface area contributed by atoms with Crippen LogP contribution >= 0.6 is 11.6 Å². The largest absolute Gasteiger partial charge is 0.507 e. The molecular formula is C23H18ClN3O4. The highest BCUT2D eigenvalue weighted by Crippen LogP contribution is 2.41. The highest BCUT2D eigenvalue weighted by atomic mass is 35.5. The molecule has 0 aliphatic carbocycles. The number of carbonyl (C=O) groups is 2. The molecule has 1 aliphatic rings. The number of ketones is 1. The van der Waals surface area contributed by atoms with Crippen LogP contribution < -0.4 is 4.74 Å². The second-order valence-corrected chi connectivity index (χ2v) is 7.36. The summed E-state index contributed by atoms with van der Waals surface area (Å²) >= 11 is 6.11. The molecule has 3 heterocycles. The van der Waals surface area contributed by atoms with E-state index in [1.807, 2.05) is 6.07 Å². The zero-order valence-corrected chi connectivity index (χ0v) is 17.3. The van der Waals surface area contributed by atoms with Gasteiger partial charge < -0.3 is 14.7 Å². The smallest absolute Gasteiger partial charge is 0.295 e. The SMILES string of the molecule is COc1ccc(Cl)cc1/C(O)=C1\C(=O)C(=O)N(Cc2cccnc2)[C@H]1c1cccnc1. The average Bonchev–Trinajstić information content (AvgIpc) is 3.04. The number of halogens is 1. The molecule has 4 rings (SSSR count). The van der Waals surface area contributed by atoms with Gasteiger partial charge in [0.1, 0.15) is 11.5 Å². The summed E-state index contributed by atoms with van der Waals surface area (Å²) in [5, 5.41) is 11.5. The number of carbonyl (C=O) groups excluding carboxylic acids is 2. The van der Waals surface area contributed by atoms with Crippen LogP contribution in [0.1, 0.15) is 22.7 Å². The predicted molar refractivity (Wildman–Crippen MR) is 114 cm³/mol. The molecular weight excluding hydrogens is 418 g/mol. The van der Waals surface area contributed by atoms with E-state index in [0.29, 0.717) is 16.3 Å². The summed E-state index contributed by atoms with van der Waals surface area (Å²) in [6, 6.07) is 10.9. The lowest BCUT2D eigenvalue weighted by Gasteiger charge is -2.25. The van der Waals surface area contributed by atoms with Gasteiger partial charge in [-0.3, -0.25) is 19.6 Å². The zero-order valence-electron chi connectivity index (χ0n) is 16.5. The monoisotopic (exact) mass is 435 g/mol. The number of hydrogen-bond acceptors (Lipinski definition) is 6. The van der Waals surface area contributed by atoms with E-state index in [1.54, 1.807) is 55.1 Å². The molecule has 0 radical (unpaired) electrons. The molecule has 1 atom stereocenters. The first kappa shape index (κ1) is 20.6. The summed E-state index contributed by atoms with van der Waals surface area (Å²) < 4.78 is 5.32. The maximum atomic E-state index is 13.1. The van der Waals surface area contributed by atoms with Crippen LogP contribution in [0.5, 0.6) is 5.75 Å². The van der Waals surface area contributed by atoms with Crippen molar-refractivity contribution in [1.82, 2.24) is 14.9 Å². The Balaban J connectivity index is 1.90. The van der Waals surface area contributed by atoms with Gasteiger partial charge in [0.2, 0.25) is 0 Å². The van der Waals surface area contributed by atoms with Crippen LogP contribution in [0.2, 0.25) is 5.02 Å². The normalized spacial score (nSPS) is 17.7. The Labute approximate surface area is 183 Å². The van der Waals surface area contributed by atoms with E-state index in [9.17, 15) is 14.7 Å². The molecule has 31 heavy (non-hydrogen) atoms. The standard InChI is InChI=1S/C23H18ClN3O4/c1-31-18-7-6-16(24)10-17(18)21(28)19-20(15-5-3-9-26-12-15)27(23(30)22(19)29)13-14-4-2-8-25-11-14/h2-12,20,28H,13H2,1H3/b21-19+/t20-/m0/s1. The molecule has 1 aromatic carbocycles. The third-order valence-corrected chi connectivity index (χ3v) is 5.27. The first-order chi connectivity index (χ1) is 15.0. The molecule has 0 spiro atoms. The number of pyridine rings is 2. The summed E-state index contributed by atoms with van der Waals surface area (Å²) in [4.78, 5) is 35.7. The van der Waals surface area contributed by atoms with Gasteiger partial charge in [-0.2, -0.15) is 0 Å². The predicted octanol–water partition coefficient (Wildman–Crippen LogP) is 3.76. The van der Waals surface area contributed by atoms with E-state index in [4.69, 9.17) is 16.3 Å². The van der Waals surface area contributed by atoms with Crippen LogP contribution in [0.3, 0.4) is 0 Å². The number of aliphatic hydroxyl groups is 1. The van der Waals surface area contributed by atoms with E-state index in [2.05, 4.69) is 9.97 Å². The molecule has 2 aromatic heterocycles. The highest BCUT2D eigenvalue weighted by molar-refractivity contribution is 6.46. The van der Waals surface area contributed by atoms with Crippen LogP contribution in [-0.4, -0.2) is 38.8 Å². The molecule has 7 nitrogen and oxygen atoms in total. The van der Waals surface area contributed by atoms with Crippen LogP contribution in [0, 0.1) is 0 Å². The van der Waals surface area contributed by atoms with Gasteiger partial charge in [0, 0.05) is 36.4 Å². The van der Waals surface area contributed by atoms with E-state index < -0.39 is 17.7 Å². The number of methoxy groups -OCH3 is 1. The lowest BCUT2D eigenvalue weighted by molar-refractivity contribution is -0.140. The second kappa shape index (κ2) is 8.57. The number of likely N-dealkylation sites (tertiary alicyclic amines) is 1. The van der Waals surface area contributed by atoms with E-state index in [-0.39, 0.29) is 23.4 Å². The van der Waals surface area contributed by atoms with Crippen molar-refractivity contribution in [2.24, 2.45) is 0 Å². The maximum Gasteiger partial charge on any atom is 0.295 e. The van der Waals surface area contributed by atoms with Crippen molar-refractivity contribution in [1.29, 1.82) is 0 Å². The second-order valence-electron chi connectivity index (χ2n) is 6.92. The molecule has 1 saturated heterocycles. The Morgan fingerprint density at radius 2 is 1.87 bits per heavy atom. The zero-order chi connectivity index (χ0) is 22.0. The first-order valence-corrected chi connectivity index (χ1v) is 9.80. The van der Waals surface area contributed by atoms with Gasteiger partial charge in [-0.1, -0.05) is 23.7 Å². The molecule has 8 heteroatoms. The number of nitrogens with zero attached hydrogens (tertiary/aromatic N) is 3. The summed E-state index contributed by atoms with van der Waals surface area (Å²) in [6.45, 7) is 0.140. The molecule has 3 aromatic rings. The van der Waals surface area contributed by atoms with Crippen molar-refractivity contribution in [2.75, 3.05) is 7.11 Å². The van der Waals surface area contributed by atoms with Crippen LogP contribution in [0.15, 0.2) is 72.8 Å². The van der Waals surface area contributed by atoms with Crippen molar-refractivity contribution < 1.29 is 19.4 Å². The highest BCUT2D eigenvalue weighted by Gasteiger charge is 2.46. The van der Waals surface area contributed by atoms with E-state index >= 15 is 0 Å². The van der Waals surface area contributed by atoms with Crippen molar-refractivity contribution in [3.8, 4) is 5.75 Å². The van der Waals surface area contributed by atoms with Gasteiger partial charge >= 0.3 is 0 Å². The fourth-order valence-corrected chi connectivity index (χ4v) is 3.80. The van der Waals surface area contributed by atoms with Crippen molar-refractivity contribution in [3.63, 3.8) is 0 Å². The van der Waals surface area contributed by atoms with Gasteiger partial charge in [-0.05, 0) is 41.5 Å². The number of amides is 1. The molecule has 0 bridgehead atoms. The summed E-state index contributed by atoms with van der Waals surface area (Å²) in [6.07, 6.45) is 6.41. The van der Waals surface area contributed by atoms with Gasteiger partial charge in [-0.15, -0.1) is 0 Å². The molecule has 1 aliphatic heterocycles. The Hall–Kier alpha value is -3.71. The molecule has 1 amide bonds. The Morgan fingerprint density at radius 3 is 2.52 bits per heavy atom. The van der Waals surface area contributed by atoms with Crippen LogP contribution in [0.4, 0.5) is 0 Å². The third kappa shape index (κ3) is 3.87. The Bertz CT molecular complexity index is 1170. The van der Waals surface area contributed by atoms with Crippen LogP contribution in [-0.2, 0) is 16.1 Å². The number of aliphatic hydroxyl groups excluding tert-OH is 1. The van der Waals surface area contributed by atoms with Gasteiger partial charge in [-0.25, -0.2) is 0 Å². The quantitative estimate of drug-likeness (QED) is 0.372. The lowest BCUT2D eigenvalue weighted by atomic mass is 9.96. The minimum atomic E-state index is -0.836. The van der Waals surface area contributed by atoms with Gasteiger partial charge in [0.05, 0.1) is 24.3 Å². The van der Waals surface area contributed by atoms with Crippen molar-refractivity contribution >= 4 is 29.1 Å².